The van der Waals surface area contributed by atoms with Crippen LogP contribution < -0.4 is 0 Å². The molecule has 0 radical (unpaired) electrons. The molecule has 2 saturated carbocycles. The first kappa shape index (κ1) is 17.4. The average molecular weight is 325 g/mol. The van der Waals surface area contributed by atoms with Gasteiger partial charge < -0.3 is 0 Å². The van der Waals surface area contributed by atoms with Gasteiger partial charge >= 0.3 is 0 Å². The molecule has 24 heavy (non-hydrogen) atoms. The fourth-order valence-electron chi connectivity index (χ4n) is 4.70. The van der Waals surface area contributed by atoms with Crippen molar-refractivity contribution < 1.29 is 4.79 Å². The first-order valence-electron chi connectivity index (χ1n) is 9.41. The molecule has 3 rings (SSSR count). The highest BCUT2D eigenvalue weighted by Gasteiger charge is 2.63. The lowest BCUT2D eigenvalue weighted by atomic mass is 9.70. The number of nitrogens with zero attached hydrogens (tertiary/aromatic N) is 1. The van der Waals surface area contributed by atoms with Gasteiger partial charge in [0.2, 0.25) is 0 Å². The fraction of sp³-hybridized carbons (Fsp3) is 0.591. The number of ketones is 1. The van der Waals surface area contributed by atoms with Gasteiger partial charge in [-0.05, 0) is 60.0 Å². The summed E-state index contributed by atoms with van der Waals surface area (Å²) in [7, 11) is 0. The Morgan fingerprint density at radius 2 is 1.75 bits per heavy atom. The zero-order valence-electron chi connectivity index (χ0n) is 15.9. The van der Waals surface area contributed by atoms with Crippen LogP contribution in [-0.2, 0) is 11.3 Å². The average Bonchev–Trinajstić information content (AvgIpc) is 2.88. The number of benzene rings is 1. The van der Waals surface area contributed by atoms with E-state index in [9.17, 15) is 4.79 Å². The quantitative estimate of drug-likeness (QED) is 0.715. The first-order chi connectivity index (χ1) is 11.3. The van der Waals surface area contributed by atoms with Gasteiger partial charge in [0.15, 0.2) is 5.78 Å². The minimum Gasteiger partial charge on any atom is -0.300 e. The Morgan fingerprint density at radius 1 is 1.12 bits per heavy atom. The molecule has 2 fully saturated rings. The van der Waals surface area contributed by atoms with E-state index in [4.69, 9.17) is 0 Å². The van der Waals surface area contributed by atoms with E-state index in [-0.39, 0.29) is 10.8 Å². The van der Waals surface area contributed by atoms with Gasteiger partial charge in [-0.25, -0.2) is 0 Å². The minimum absolute atomic E-state index is 0.0958. The maximum Gasteiger partial charge on any atom is 0.165 e. The van der Waals surface area contributed by atoms with Gasteiger partial charge in [-0.2, -0.15) is 0 Å². The molecule has 2 nitrogen and oxygen atoms in total. The molecule has 130 valence electrons. The summed E-state index contributed by atoms with van der Waals surface area (Å²) in [5, 5.41) is 0. The molecule has 2 aliphatic carbocycles. The lowest BCUT2D eigenvalue weighted by molar-refractivity contribution is -0.125. The summed E-state index contributed by atoms with van der Waals surface area (Å²) in [6.45, 7) is 14.3. The van der Waals surface area contributed by atoms with Crippen LogP contribution in [0.3, 0.4) is 0 Å². The molecule has 1 aromatic rings. The maximum absolute atomic E-state index is 12.9. The van der Waals surface area contributed by atoms with Gasteiger partial charge in [-0.1, -0.05) is 58.9 Å². The van der Waals surface area contributed by atoms with Gasteiger partial charge in [0.25, 0.3) is 0 Å². The van der Waals surface area contributed by atoms with Crippen LogP contribution in [0, 0.1) is 16.7 Å². The number of hydrogen-bond donors (Lipinski definition) is 0. The molecule has 0 aliphatic heterocycles. The van der Waals surface area contributed by atoms with Crippen LogP contribution in [0.1, 0.15) is 58.6 Å². The van der Waals surface area contributed by atoms with E-state index in [1.165, 1.54) is 5.56 Å². The molecular formula is C22H31NO. The van der Waals surface area contributed by atoms with Crippen molar-refractivity contribution in [3.05, 3.63) is 41.0 Å². The van der Waals surface area contributed by atoms with Crippen LogP contribution in [0.15, 0.2) is 29.8 Å². The number of hydrogen-bond acceptors (Lipinski definition) is 2. The van der Waals surface area contributed by atoms with E-state index >= 15 is 0 Å². The molecule has 0 amide bonds. The third kappa shape index (κ3) is 2.56. The maximum atomic E-state index is 12.9. The number of Topliss-reactive ketones (excluding diaryl/α,β-unsaturated/α-hetero) is 1. The van der Waals surface area contributed by atoms with Crippen molar-refractivity contribution in [1.29, 1.82) is 0 Å². The van der Waals surface area contributed by atoms with Gasteiger partial charge in [0.05, 0.1) is 0 Å². The largest absolute Gasteiger partial charge is 0.300 e. The van der Waals surface area contributed by atoms with Crippen molar-refractivity contribution in [3.63, 3.8) is 0 Å². The van der Waals surface area contributed by atoms with Gasteiger partial charge in [0.1, 0.15) is 0 Å². The van der Waals surface area contributed by atoms with Crippen LogP contribution in [0.4, 0.5) is 0 Å². The Labute approximate surface area is 146 Å². The van der Waals surface area contributed by atoms with E-state index in [0.29, 0.717) is 11.7 Å². The van der Waals surface area contributed by atoms with Crippen molar-refractivity contribution in [2.75, 3.05) is 13.1 Å². The lowest BCUT2D eigenvalue weighted by Crippen LogP contribution is -2.32. The van der Waals surface area contributed by atoms with E-state index in [1.54, 1.807) is 0 Å². The highest BCUT2D eigenvalue weighted by molar-refractivity contribution is 6.07. The zero-order chi connectivity index (χ0) is 17.5. The van der Waals surface area contributed by atoms with Crippen molar-refractivity contribution in [2.24, 2.45) is 16.7 Å². The number of carbonyl (C=O) groups excluding carboxylic acids is 1. The molecule has 2 bridgehead atoms. The standard InChI is InChI=1S/C22H31NO/c1-6-23(7-2)15-17-10-8-16(9-11-17)14-18-19-12-13-22(5,20(18)24)21(19,3)4/h8-11,14,19H,6-7,12-13,15H2,1-5H3/b18-14+. The van der Waals surface area contributed by atoms with Crippen molar-refractivity contribution in [3.8, 4) is 0 Å². The number of allylic oxidation sites excluding steroid dienone is 1. The zero-order valence-corrected chi connectivity index (χ0v) is 15.9. The normalized spacial score (nSPS) is 29.8. The van der Waals surface area contributed by atoms with Crippen molar-refractivity contribution in [1.82, 2.24) is 4.90 Å². The summed E-state index contributed by atoms with van der Waals surface area (Å²) in [5.74, 6) is 0.807. The van der Waals surface area contributed by atoms with Crippen LogP contribution >= 0.6 is 0 Å². The highest BCUT2D eigenvalue weighted by atomic mass is 16.1. The third-order valence-corrected chi connectivity index (χ3v) is 6.97. The van der Waals surface area contributed by atoms with Gasteiger partial charge in [-0.15, -0.1) is 0 Å². The van der Waals surface area contributed by atoms with E-state index in [2.05, 4.69) is 69.9 Å². The number of carbonyl (C=O) groups is 1. The third-order valence-electron chi connectivity index (χ3n) is 6.97. The van der Waals surface area contributed by atoms with Crippen molar-refractivity contribution in [2.45, 2.75) is 54.0 Å². The second-order valence-electron chi connectivity index (χ2n) is 8.28. The summed E-state index contributed by atoms with van der Waals surface area (Å²) in [4.78, 5) is 15.3. The van der Waals surface area contributed by atoms with Crippen LogP contribution in [-0.4, -0.2) is 23.8 Å². The van der Waals surface area contributed by atoms with Gasteiger partial charge in [-0.3, -0.25) is 9.69 Å². The molecule has 2 unspecified atom stereocenters. The first-order valence-corrected chi connectivity index (χ1v) is 9.41. The molecule has 0 heterocycles. The molecule has 0 spiro atoms. The second kappa shape index (κ2) is 6.15. The van der Waals surface area contributed by atoms with Crippen LogP contribution in [0.2, 0.25) is 0 Å². The monoisotopic (exact) mass is 325 g/mol. The summed E-state index contributed by atoms with van der Waals surface area (Å²) < 4.78 is 0. The highest BCUT2D eigenvalue weighted by Crippen LogP contribution is 2.65. The molecule has 0 N–H and O–H groups in total. The summed E-state index contributed by atoms with van der Waals surface area (Å²) in [6, 6.07) is 8.74. The smallest absolute Gasteiger partial charge is 0.165 e. The Hall–Kier alpha value is -1.41. The number of rotatable bonds is 5. The Kier molecular flexibility index (Phi) is 4.46. The SMILES string of the molecule is CCN(CC)Cc1ccc(/C=C2/C(=O)C3(C)CCC2C3(C)C)cc1. The number of fused-ring (bicyclic) bond motifs is 2. The summed E-state index contributed by atoms with van der Waals surface area (Å²) in [6.07, 6.45) is 4.35. The molecule has 0 aromatic heterocycles. The minimum atomic E-state index is -0.161. The Bertz CT molecular complexity index is 651. The van der Waals surface area contributed by atoms with E-state index in [1.807, 2.05) is 0 Å². The van der Waals surface area contributed by atoms with E-state index < -0.39 is 0 Å². The molecule has 2 atom stereocenters. The predicted molar refractivity (Wildman–Crippen MR) is 101 cm³/mol. The fourth-order valence-corrected chi connectivity index (χ4v) is 4.70. The summed E-state index contributed by atoms with van der Waals surface area (Å²) in [5.41, 5.74) is 3.50. The van der Waals surface area contributed by atoms with Crippen molar-refractivity contribution >= 4 is 11.9 Å². The lowest BCUT2D eigenvalue weighted by Gasteiger charge is -2.31. The molecular weight excluding hydrogens is 294 g/mol. The molecule has 2 aliphatic rings. The van der Waals surface area contributed by atoms with Crippen LogP contribution in [0.25, 0.3) is 6.08 Å². The Morgan fingerprint density at radius 3 is 2.25 bits per heavy atom. The van der Waals surface area contributed by atoms with Gasteiger partial charge in [0, 0.05) is 12.0 Å². The van der Waals surface area contributed by atoms with Crippen LogP contribution in [0.5, 0.6) is 0 Å². The second-order valence-corrected chi connectivity index (χ2v) is 8.28. The van der Waals surface area contributed by atoms with E-state index in [0.717, 1.165) is 43.6 Å². The molecule has 1 aromatic carbocycles. The molecule has 2 heteroatoms. The molecule has 0 saturated heterocycles. The Balaban J connectivity index is 1.82. The predicted octanol–water partition coefficient (Wildman–Crippen LogP) is 4.94. The summed E-state index contributed by atoms with van der Waals surface area (Å²) >= 11 is 0. The topological polar surface area (TPSA) is 20.3 Å².